The number of aliphatic carboxylic acids is 1. The van der Waals surface area contributed by atoms with Crippen LogP contribution in [0.25, 0.3) is 0 Å². The zero-order chi connectivity index (χ0) is 14.1. The first-order chi connectivity index (χ1) is 8.00. The van der Waals surface area contributed by atoms with Gasteiger partial charge in [-0.2, -0.15) is 0 Å². The Morgan fingerprint density at radius 3 is 2.22 bits per heavy atom. The highest BCUT2D eigenvalue weighted by atomic mass is 19.3. The minimum atomic E-state index is -2.71. The van der Waals surface area contributed by atoms with Crippen molar-refractivity contribution >= 4 is 11.9 Å². The number of carboxylic acid groups (broad SMARTS) is 1. The SMILES string of the molecule is CC(C)(C)OC(=O)C(CC1CC(F)(F)C1)C(=O)O. The fourth-order valence-corrected chi connectivity index (χ4v) is 1.96. The molecule has 104 valence electrons. The third kappa shape index (κ3) is 4.23. The Hall–Kier alpha value is -1.20. The van der Waals surface area contributed by atoms with Crippen LogP contribution in [0.15, 0.2) is 0 Å². The lowest BCUT2D eigenvalue weighted by Gasteiger charge is -2.36. The Morgan fingerprint density at radius 1 is 1.39 bits per heavy atom. The predicted molar refractivity (Wildman–Crippen MR) is 59.3 cm³/mol. The molecule has 0 aromatic carbocycles. The van der Waals surface area contributed by atoms with Crippen LogP contribution >= 0.6 is 0 Å². The molecule has 1 fully saturated rings. The highest BCUT2D eigenvalue weighted by molar-refractivity contribution is 5.94. The molecule has 1 rings (SSSR count). The van der Waals surface area contributed by atoms with Crippen LogP contribution in [-0.2, 0) is 14.3 Å². The molecule has 0 bridgehead atoms. The van der Waals surface area contributed by atoms with E-state index < -0.39 is 35.3 Å². The maximum absolute atomic E-state index is 12.6. The van der Waals surface area contributed by atoms with E-state index in [0.717, 1.165) is 0 Å². The first kappa shape index (κ1) is 14.9. The van der Waals surface area contributed by atoms with Gasteiger partial charge in [0, 0.05) is 12.8 Å². The Balaban J connectivity index is 2.56. The van der Waals surface area contributed by atoms with Gasteiger partial charge in [-0.25, -0.2) is 8.78 Å². The lowest BCUT2D eigenvalue weighted by Crippen LogP contribution is -2.40. The molecule has 0 aliphatic heterocycles. The quantitative estimate of drug-likeness (QED) is 0.625. The molecule has 4 nitrogen and oxygen atoms in total. The van der Waals surface area contributed by atoms with Crippen LogP contribution in [-0.4, -0.2) is 28.6 Å². The van der Waals surface area contributed by atoms with Crippen LogP contribution in [0.5, 0.6) is 0 Å². The van der Waals surface area contributed by atoms with Gasteiger partial charge in [0.2, 0.25) is 5.92 Å². The van der Waals surface area contributed by atoms with E-state index in [1.807, 2.05) is 0 Å². The summed E-state index contributed by atoms with van der Waals surface area (Å²) >= 11 is 0. The molecule has 1 aliphatic rings. The molecule has 0 heterocycles. The second-order valence-corrected chi connectivity index (χ2v) is 5.79. The number of esters is 1. The summed E-state index contributed by atoms with van der Waals surface area (Å²) in [5.74, 6) is -6.66. The molecule has 0 amide bonds. The molecule has 0 aromatic heterocycles. The van der Waals surface area contributed by atoms with Crippen molar-refractivity contribution in [3.05, 3.63) is 0 Å². The van der Waals surface area contributed by atoms with Crippen molar-refractivity contribution in [2.45, 2.75) is 51.6 Å². The summed E-state index contributed by atoms with van der Waals surface area (Å²) in [6, 6.07) is 0. The molecule has 1 aliphatic carbocycles. The first-order valence-electron chi connectivity index (χ1n) is 5.84. The topological polar surface area (TPSA) is 63.6 Å². The smallest absolute Gasteiger partial charge is 0.320 e. The summed E-state index contributed by atoms with van der Waals surface area (Å²) in [5.41, 5.74) is -0.783. The lowest BCUT2D eigenvalue weighted by atomic mass is 9.76. The number of halogens is 2. The average molecular weight is 264 g/mol. The molecule has 0 spiro atoms. The van der Waals surface area contributed by atoms with Gasteiger partial charge in [-0.3, -0.25) is 9.59 Å². The van der Waals surface area contributed by atoms with Crippen molar-refractivity contribution in [3.8, 4) is 0 Å². The van der Waals surface area contributed by atoms with Crippen LogP contribution in [0.2, 0.25) is 0 Å². The van der Waals surface area contributed by atoms with Crippen molar-refractivity contribution in [3.63, 3.8) is 0 Å². The largest absolute Gasteiger partial charge is 0.481 e. The van der Waals surface area contributed by atoms with E-state index in [0.29, 0.717) is 0 Å². The van der Waals surface area contributed by atoms with Gasteiger partial charge in [0.25, 0.3) is 0 Å². The molecule has 1 N–H and O–H groups in total. The third-order valence-corrected chi connectivity index (χ3v) is 2.73. The summed E-state index contributed by atoms with van der Waals surface area (Å²) < 4.78 is 30.3. The maximum atomic E-state index is 12.6. The summed E-state index contributed by atoms with van der Waals surface area (Å²) in [5, 5.41) is 8.95. The number of alkyl halides is 2. The van der Waals surface area contributed by atoms with E-state index in [-0.39, 0.29) is 19.3 Å². The van der Waals surface area contributed by atoms with Gasteiger partial charge < -0.3 is 9.84 Å². The monoisotopic (exact) mass is 264 g/mol. The minimum absolute atomic E-state index is 0.0835. The number of rotatable bonds is 4. The van der Waals surface area contributed by atoms with E-state index in [1.54, 1.807) is 20.8 Å². The summed E-state index contributed by atoms with van der Waals surface area (Å²) in [4.78, 5) is 22.6. The number of carbonyl (C=O) groups excluding carboxylic acids is 1. The summed E-state index contributed by atoms with van der Waals surface area (Å²) in [6.45, 7) is 4.88. The normalized spacial score (nSPS) is 20.9. The molecule has 1 unspecified atom stereocenters. The minimum Gasteiger partial charge on any atom is -0.481 e. The summed E-state index contributed by atoms with van der Waals surface area (Å²) in [6.07, 6.45) is -0.779. The summed E-state index contributed by atoms with van der Waals surface area (Å²) in [7, 11) is 0. The second-order valence-electron chi connectivity index (χ2n) is 5.79. The number of carbonyl (C=O) groups is 2. The fraction of sp³-hybridized carbons (Fsp3) is 0.833. The van der Waals surface area contributed by atoms with Crippen molar-refractivity contribution in [2.24, 2.45) is 11.8 Å². The Morgan fingerprint density at radius 2 is 1.89 bits per heavy atom. The van der Waals surface area contributed by atoms with Crippen LogP contribution in [0.1, 0.15) is 40.0 Å². The standard InChI is InChI=1S/C12H18F2O4/c1-11(2,3)18-10(17)8(9(15)16)4-7-5-12(13,14)6-7/h7-8H,4-6H2,1-3H3,(H,15,16). The number of hydrogen-bond acceptors (Lipinski definition) is 3. The highest BCUT2D eigenvalue weighted by Gasteiger charge is 2.47. The van der Waals surface area contributed by atoms with Crippen LogP contribution in [0, 0.1) is 11.8 Å². The lowest BCUT2D eigenvalue weighted by molar-refractivity contribution is -0.171. The molecule has 0 radical (unpaired) electrons. The van der Waals surface area contributed by atoms with Crippen LogP contribution < -0.4 is 0 Å². The van der Waals surface area contributed by atoms with E-state index in [2.05, 4.69) is 0 Å². The molecule has 0 saturated heterocycles. The fourth-order valence-electron chi connectivity index (χ4n) is 1.96. The van der Waals surface area contributed by atoms with E-state index in [1.165, 1.54) is 0 Å². The van der Waals surface area contributed by atoms with E-state index >= 15 is 0 Å². The molecule has 18 heavy (non-hydrogen) atoms. The van der Waals surface area contributed by atoms with Gasteiger partial charge in [-0.05, 0) is 33.1 Å². The molecular weight excluding hydrogens is 246 g/mol. The Bertz CT molecular complexity index is 338. The van der Waals surface area contributed by atoms with Gasteiger partial charge in [0.1, 0.15) is 5.60 Å². The molecule has 6 heteroatoms. The predicted octanol–water partition coefficient (Wildman–Crippen LogP) is 2.46. The van der Waals surface area contributed by atoms with Crippen molar-refractivity contribution < 1.29 is 28.2 Å². The van der Waals surface area contributed by atoms with E-state index in [9.17, 15) is 18.4 Å². The van der Waals surface area contributed by atoms with Crippen LogP contribution in [0.3, 0.4) is 0 Å². The van der Waals surface area contributed by atoms with Crippen LogP contribution in [0.4, 0.5) is 8.78 Å². The van der Waals surface area contributed by atoms with Crippen molar-refractivity contribution in [1.82, 2.24) is 0 Å². The highest BCUT2D eigenvalue weighted by Crippen LogP contribution is 2.45. The first-order valence-corrected chi connectivity index (χ1v) is 5.84. The number of hydrogen-bond donors (Lipinski definition) is 1. The van der Waals surface area contributed by atoms with Crippen molar-refractivity contribution in [1.29, 1.82) is 0 Å². The third-order valence-electron chi connectivity index (χ3n) is 2.73. The zero-order valence-corrected chi connectivity index (χ0v) is 10.7. The van der Waals surface area contributed by atoms with Gasteiger partial charge >= 0.3 is 11.9 Å². The number of ether oxygens (including phenoxy) is 1. The van der Waals surface area contributed by atoms with Crippen molar-refractivity contribution in [2.75, 3.05) is 0 Å². The number of carboxylic acids is 1. The van der Waals surface area contributed by atoms with Gasteiger partial charge in [-0.15, -0.1) is 0 Å². The molecule has 0 aromatic rings. The molecule has 1 atom stereocenters. The van der Waals surface area contributed by atoms with Gasteiger partial charge in [0.15, 0.2) is 5.92 Å². The van der Waals surface area contributed by atoms with E-state index in [4.69, 9.17) is 9.84 Å². The Labute approximate surface area is 104 Å². The maximum Gasteiger partial charge on any atom is 0.320 e. The zero-order valence-electron chi connectivity index (χ0n) is 10.7. The second kappa shape index (κ2) is 4.82. The van der Waals surface area contributed by atoms with Gasteiger partial charge in [0.05, 0.1) is 0 Å². The Kier molecular flexibility index (Phi) is 3.98. The molecular formula is C12H18F2O4. The van der Waals surface area contributed by atoms with Gasteiger partial charge in [-0.1, -0.05) is 0 Å². The molecule has 1 saturated carbocycles. The average Bonchev–Trinajstić information content (AvgIpc) is 2.06.